The summed E-state index contributed by atoms with van der Waals surface area (Å²) in [6.45, 7) is 2.14. The Hall–Kier alpha value is -2.33. The molecule has 0 aromatic heterocycles. The Morgan fingerprint density at radius 2 is 1.67 bits per heavy atom. The lowest BCUT2D eigenvalue weighted by Crippen LogP contribution is -2.35. The number of rotatable bonds is 3. The van der Waals surface area contributed by atoms with Crippen molar-refractivity contribution in [3.63, 3.8) is 0 Å². The summed E-state index contributed by atoms with van der Waals surface area (Å²) in [7, 11) is 0. The molecule has 4 nitrogen and oxygen atoms in total. The van der Waals surface area contributed by atoms with E-state index in [1.165, 1.54) is 0 Å². The van der Waals surface area contributed by atoms with Crippen LogP contribution in [0.15, 0.2) is 48.5 Å². The van der Waals surface area contributed by atoms with E-state index in [4.69, 9.17) is 11.6 Å². The summed E-state index contributed by atoms with van der Waals surface area (Å²) in [6.07, 6.45) is 0. The van der Waals surface area contributed by atoms with Crippen LogP contribution in [-0.2, 0) is 16.1 Å². The van der Waals surface area contributed by atoms with Gasteiger partial charge in [0, 0.05) is 17.3 Å². The van der Waals surface area contributed by atoms with Gasteiger partial charge >= 0.3 is 11.8 Å². The van der Waals surface area contributed by atoms with E-state index in [0.717, 1.165) is 11.1 Å². The Kier molecular flexibility index (Phi) is 4.95. The molecule has 21 heavy (non-hydrogen) atoms. The zero-order chi connectivity index (χ0) is 15.2. The third-order valence-electron chi connectivity index (χ3n) is 2.97. The largest absolute Gasteiger partial charge is 0.344 e. The number of halogens is 1. The molecule has 2 rings (SSSR count). The van der Waals surface area contributed by atoms with E-state index in [0.29, 0.717) is 10.7 Å². The molecule has 0 aliphatic heterocycles. The Balaban J connectivity index is 1.90. The summed E-state index contributed by atoms with van der Waals surface area (Å²) in [4.78, 5) is 23.5. The average Bonchev–Trinajstić information content (AvgIpc) is 2.48. The van der Waals surface area contributed by atoms with Crippen LogP contribution in [0.4, 0.5) is 5.69 Å². The van der Waals surface area contributed by atoms with Crippen LogP contribution in [0.25, 0.3) is 0 Å². The van der Waals surface area contributed by atoms with Crippen LogP contribution >= 0.6 is 11.6 Å². The van der Waals surface area contributed by atoms with Crippen LogP contribution < -0.4 is 10.6 Å². The van der Waals surface area contributed by atoms with Crippen LogP contribution in [0.3, 0.4) is 0 Å². The molecule has 2 aromatic rings. The predicted molar refractivity (Wildman–Crippen MR) is 83.1 cm³/mol. The highest BCUT2D eigenvalue weighted by Gasteiger charge is 2.13. The number of hydrogen-bond donors (Lipinski definition) is 2. The zero-order valence-corrected chi connectivity index (χ0v) is 12.3. The van der Waals surface area contributed by atoms with Crippen molar-refractivity contribution in [2.75, 3.05) is 5.32 Å². The van der Waals surface area contributed by atoms with Crippen LogP contribution in [0.5, 0.6) is 0 Å². The summed E-state index contributed by atoms with van der Waals surface area (Å²) in [5.41, 5.74) is 2.40. The number of anilines is 1. The molecule has 0 unspecified atom stereocenters. The minimum atomic E-state index is -0.682. The Morgan fingerprint density at radius 3 is 2.33 bits per heavy atom. The van der Waals surface area contributed by atoms with Gasteiger partial charge < -0.3 is 10.6 Å². The summed E-state index contributed by atoms with van der Waals surface area (Å²) in [5.74, 6) is -1.36. The average molecular weight is 303 g/mol. The fraction of sp³-hybridized carbons (Fsp3) is 0.125. The Labute approximate surface area is 128 Å². The van der Waals surface area contributed by atoms with Crippen molar-refractivity contribution in [3.05, 3.63) is 64.7 Å². The van der Waals surface area contributed by atoms with Gasteiger partial charge in [-0.15, -0.1) is 0 Å². The van der Waals surface area contributed by atoms with Gasteiger partial charge in [-0.1, -0.05) is 41.9 Å². The molecule has 0 spiro atoms. The molecular weight excluding hydrogens is 288 g/mol. The van der Waals surface area contributed by atoms with Crippen molar-refractivity contribution in [2.45, 2.75) is 13.5 Å². The van der Waals surface area contributed by atoms with Gasteiger partial charge in [0.1, 0.15) is 0 Å². The molecule has 0 aliphatic carbocycles. The molecule has 2 amide bonds. The Bertz CT molecular complexity index is 654. The van der Waals surface area contributed by atoms with Crippen molar-refractivity contribution in [2.24, 2.45) is 0 Å². The standard InChI is InChI=1S/C16H15ClN2O2/c1-11-4-2-3-5-14(11)19-16(21)15(20)18-10-12-6-8-13(17)9-7-12/h2-9H,10H2,1H3,(H,18,20)(H,19,21). The fourth-order valence-corrected chi connectivity index (χ4v) is 1.88. The molecule has 2 aromatic carbocycles. The van der Waals surface area contributed by atoms with Crippen molar-refractivity contribution in [1.82, 2.24) is 5.32 Å². The molecule has 0 saturated carbocycles. The second-order valence-corrected chi connectivity index (χ2v) is 5.01. The lowest BCUT2D eigenvalue weighted by molar-refractivity contribution is -0.136. The smallest absolute Gasteiger partial charge is 0.313 e. The second-order valence-electron chi connectivity index (χ2n) is 4.58. The van der Waals surface area contributed by atoms with E-state index in [1.54, 1.807) is 36.4 Å². The van der Waals surface area contributed by atoms with E-state index in [2.05, 4.69) is 10.6 Å². The summed E-state index contributed by atoms with van der Waals surface area (Å²) >= 11 is 5.78. The minimum absolute atomic E-state index is 0.275. The van der Waals surface area contributed by atoms with Crippen molar-refractivity contribution >= 4 is 29.1 Å². The van der Waals surface area contributed by atoms with Gasteiger partial charge in [0.2, 0.25) is 0 Å². The highest BCUT2D eigenvalue weighted by Crippen LogP contribution is 2.13. The first-order valence-corrected chi connectivity index (χ1v) is 6.83. The molecule has 0 atom stereocenters. The highest BCUT2D eigenvalue weighted by molar-refractivity contribution is 6.39. The third-order valence-corrected chi connectivity index (χ3v) is 3.22. The lowest BCUT2D eigenvalue weighted by atomic mass is 10.2. The molecule has 5 heteroatoms. The van der Waals surface area contributed by atoms with Gasteiger partial charge in [-0.2, -0.15) is 0 Å². The molecule has 2 N–H and O–H groups in total. The normalized spacial score (nSPS) is 10.0. The number of benzene rings is 2. The van der Waals surface area contributed by atoms with Gasteiger partial charge in [-0.05, 0) is 36.2 Å². The van der Waals surface area contributed by atoms with E-state index in [9.17, 15) is 9.59 Å². The van der Waals surface area contributed by atoms with Gasteiger partial charge in [-0.3, -0.25) is 9.59 Å². The minimum Gasteiger partial charge on any atom is -0.344 e. The maximum absolute atomic E-state index is 11.8. The van der Waals surface area contributed by atoms with Crippen LogP contribution in [-0.4, -0.2) is 11.8 Å². The number of para-hydroxylation sites is 1. The molecule has 0 radical (unpaired) electrons. The maximum atomic E-state index is 11.8. The van der Waals surface area contributed by atoms with Gasteiger partial charge in [0.15, 0.2) is 0 Å². The lowest BCUT2D eigenvalue weighted by Gasteiger charge is -2.08. The molecule has 0 bridgehead atoms. The van der Waals surface area contributed by atoms with E-state index in [1.807, 2.05) is 19.1 Å². The number of amides is 2. The highest BCUT2D eigenvalue weighted by atomic mass is 35.5. The van der Waals surface area contributed by atoms with Crippen molar-refractivity contribution < 1.29 is 9.59 Å². The van der Waals surface area contributed by atoms with Crippen LogP contribution in [0.2, 0.25) is 5.02 Å². The summed E-state index contributed by atoms with van der Waals surface area (Å²) in [6, 6.07) is 14.3. The number of carbonyl (C=O) groups is 2. The summed E-state index contributed by atoms with van der Waals surface area (Å²) in [5, 5.41) is 5.77. The van der Waals surface area contributed by atoms with Crippen LogP contribution in [0, 0.1) is 6.92 Å². The molecule has 0 heterocycles. The zero-order valence-electron chi connectivity index (χ0n) is 11.5. The molecular formula is C16H15ClN2O2. The van der Waals surface area contributed by atoms with Gasteiger partial charge in [0.25, 0.3) is 0 Å². The number of hydrogen-bond acceptors (Lipinski definition) is 2. The van der Waals surface area contributed by atoms with Gasteiger partial charge in [-0.25, -0.2) is 0 Å². The van der Waals surface area contributed by atoms with E-state index in [-0.39, 0.29) is 6.54 Å². The molecule has 108 valence electrons. The predicted octanol–water partition coefficient (Wildman–Crippen LogP) is 2.90. The quantitative estimate of drug-likeness (QED) is 0.857. The first-order valence-electron chi connectivity index (χ1n) is 6.45. The number of nitrogens with one attached hydrogen (secondary N) is 2. The molecule has 0 aliphatic rings. The van der Waals surface area contributed by atoms with Gasteiger partial charge in [0.05, 0.1) is 0 Å². The maximum Gasteiger partial charge on any atom is 0.313 e. The van der Waals surface area contributed by atoms with Crippen molar-refractivity contribution in [1.29, 1.82) is 0 Å². The third kappa shape index (κ3) is 4.33. The number of aryl methyl sites for hydroxylation is 1. The topological polar surface area (TPSA) is 58.2 Å². The molecule has 0 saturated heterocycles. The van der Waals surface area contributed by atoms with E-state index >= 15 is 0 Å². The fourth-order valence-electron chi connectivity index (χ4n) is 1.76. The number of carbonyl (C=O) groups excluding carboxylic acids is 2. The monoisotopic (exact) mass is 302 g/mol. The SMILES string of the molecule is Cc1ccccc1NC(=O)C(=O)NCc1ccc(Cl)cc1. The van der Waals surface area contributed by atoms with Crippen LogP contribution in [0.1, 0.15) is 11.1 Å². The molecule has 0 fully saturated rings. The Morgan fingerprint density at radius 1 is 1.00 bits per heavy atom. The first kappa shape index (κ1) is 15.1. The van der Waals surface area contributed by atoms with Crippen molar-refractivity contribution in [3.8, 4) is 0 Å². The first-order chi connectivity index (χ1) is 10.1. The summed E-state index contributed by atoms with van der Waals surface area (Å²) < 4.78 is 0. The second kappa shape index (κ2) is 6.90. The van der Waals surface area contributed by atoms with E-state index < -0.39 is 11.8 Å².